The third kappa shape index (κ3) is 6.88. The Morgan fingerprint density at radius 2 is 1.52 bits per heavy atom. The lowest BCUT2D eigenvalue weighted by Gasteiger charge is -2.38. The van der Waals surface area contributed by atoms with Crippen LogP contribution >= 0.6 is 7.60 Å². The minimum atomic E-state index is -3.52. The summed E-state index contributed by atoms with van der Waals surface area (Å²) in [6.45, 7) is 11.3. The molecule has 0 aliphatic carbocycles. The highest BCUT2D eigenvalue weighted by Gasteiger charge is 2.53. The summed E-state index contributed by atoms with van der Waals surface area (Å²) in [7, 11) is -3.52. The van der Waals surface area contributed by atoms with Crippen LogP contribution in [0.5, 0.6) is 0 Å². The SMILES string of the molecule is CCCCC(CC)COP(=O)(OCC(CC)CCCC)C1(C)CC=CN1O. The molecule has 160 valence electrons. The van der Waals surface area contributed by atoms with E-state index in [1.807, 2.05) is 6.08 Å². The highest BCUT2D eigenvalue weighted by Crippen LogP contribution is 2.64. The van der Waals surface area contributed by atoms with Crippen molar-refractivity contribution in [3.8, 4) is 0 Å². The van der Waals surface area contributed by atoms with Crippen LogP contribution < -0.4 is 0 Å². The van der Waals surface area contributed by atoms with Gasteiger partial charge in [0.05, 0.1) is 13.2 Å². The zero-order valence-corrected chi connectivity index (χ0v) is 19.0. The van der Waals surface area contributed by atoms with Gasteiger partial charge in [0.2, 0.25) is 0 Å². The average molecular weight is 404 g/mol. The monoisotopic (exact) mass is 403 g/mol. The molecule has 0 saturated carbocycles. The topological polar surface area (TPSA) is 59.0 Å². The molecule has 0 aromatic heterocycles. The van der Waals surface area contributed by atoms with Gasteiger partial charge in [-0.2, -0.15) is 0 Å². The fourth-order valence-electron chi connectivity index (χ4n) is 3.39. The summed E-state index contributed by atoms with van der Waals surface area (Å²) in [5.41, 5.74) is 0. The van der Waals surface area contributed by atoms with Gasteiger partial charge in [0.1, 0.15) is 0 Å². The van der Waals surface area contributed by atoms with Gasteiger partial charge in [0.25, 0.3) is 0 Å². The standard InChI is InChI=1S/C21H42NO4P/c1-6-10-13-19(8-3)17-25-27(24,21(5)15-12-16-22(21)23)26-18-20(9-4)14-11-7-2/h12,16,19-20,23H,6-11,13-15,17-18H2,1-5H3. The van der Waals surface area contributed by atoms with E-state index in [0.717, 1.165) is 56.4 Å². The van der Waals surface area contributed by atoms with Crippen molar-refractivity contribution < 1.29 is 18.8 Å². The van der Waals surface area contributed by atoms with Gasteiger partial charge in [-0.25, -0.2) is 5.06 Å². The summed E-state index contributed by atoms with van der Waals surface area (Å²) in [6.07, 6.45) is 12.5. The number of hydrogen-bond donors (Lipinski definition) is 1. The molecule has 5 nitrogen and oxygen atoms in total. The van der Waals surface area contributed by atoms with Gasteiger partial charge < -0.3 is 9.05 Å². The van der Waals surface area contributed by atoms with Crippen LogP contribution in [0.2, 0.25) is 0 Å². The van der Waals surface area contributed by atoms with Crippen molar-refractivity contribution in [2.75, 3.05) is 13.2 Å². The molecule has 0 aromatic rings. The first-order valence-electron chi connectivity index (χ1n) is 10.9. The second kappa shape index (κ2) is 12.3. The first-order chi connectivity index (χ1) is 12.9. The third-order valence-corrected chi connectivity index (χ3v) is 8.43. The first-order valence-corrected chi connectivity index (χ1v) is 12.4. The summed E-state index contributed by atoms with van der Waals surface area (Å²) in [5.74, 6) is 0.739. The van der Waals surface area contributed by atoms with E-state index in [0.29, 0.717) is 31.5 Å². The van der Waals surface area contributed by atoms with E-state index in [-0.39, 0.29) is 0 Å². The van der Waals surface area contributed by atoms with Crippen molar-refractivity contribution in [1.82, 2.24) is 5.06 Å². The van der Waals surface area contributed by atoms with Crippen LogP contribution in [0.3, 0.4) is 0 Å². The molecule has 0 aromatic carbocycles. The summed E-state index contributed by atoms with van der Waals surface area (Å²) in [4.78, 5) is 0. The van der Waals surface area contributed by atoms with Gasteiger partial charge in [0.15, 0.2) is 5.28 Å². The lowest BCUT2D eigenvalue weighted by atomic mass is 10.0. The maximum absolute atomic E-state index is 13.8. The molecule has 6 heteroatoms. The lowest BCUT2D eigenvalue weighted by molar-refractivity contribution is -0.0917. The van der Waals surface area contributed by atoms with Crippen molar-refractivity contribution in [3.63, 3.8) is 0 Å². The van der Waals surface area contributed by atoms with Gasteiger partial charge in [-0.15, -0.1) is 0 Å². The summed E-state index contributed by atoms with van der Waals surface area (Å²) in [5, 5.41) is 10.3. The Balaban J connectivity index is 2.84. The van der Waals surface area contributed by atoms with Crippen molar-refractivity contribution in [2.45, 2.75) is 97.7 Å². The Bertz CT molecular complexity index is 461. The van der Waals surface area contributed by atoms with Crippen molar-refractivity contribution in [2.24, 2.45) is 11.8 Å². The van der Waals surface area contributed by atoms with Crippen LogP contribution in [0.4, 0.5) is 0 Å². The zero-order chi connectivity index (χ0) is 20.3. The highest BCUT2D eigenvalue weighted by atomic mass is 31.2. The number of hydrogen-bond acceptors (Lipinski definition) is 5. The van der Waals surface area contributed by atoms with Crippen LogP contribution in [0.15, 0.2) is 12.3 Å². The van der Waals surface area contributed by atoms with E-state index in [9.17, 15) is 9.77 Å². The summed E-state index contributed by atoms with van der Waals surface area (Å²) >= 11 is 0. The normalized spacial score (nSPS) is 24.1. The fourth-order valence-corrected chi connectivity index (χ4v) is 5.48. The molecule has 0 spiro atoms. The van der Waals surface area contributed by atoms with E-state index in [1.165, 1.54) is 0 Å². The third-order valence-electron chi connectivity index (χ3n) is 5.88. The molecular weight excluding hydrogens is 361 g/mol. The molecule has 1 N–H and O–H groups in total. The Labute approximate surface area is 167 Å². The molecule has 1 aliphatic heterocycles. The number of unbranched alkanes of at least 4 members (excludes halogenated alkanes) is 2. The van der Waals surface area contributed by atoms with Gasteiger partial charge in [-0.05, 0) is 31.6 Å². The van der Waals surface area contributed by atoms with Gasteiger partial charge in [-0.1, -0.05) is 72.3 Å². The predicted molar refractivity (Wildman–Crippen MR) is 112 cm³/mol. The molecule has 1 aliphatic rings. The maximum atomic E-state index is 13.8. The molecule has 3 unspecified atom stereocenters. The smallest absolute Gasteiger partial charge is 0.307 e. The highest BCUT2D eigenvalue weighted by molar-refractivity contribution is 7.55. The molecule has 0 bridgehead atoms. The molecule has 0 radical (unpaired) electrons. The zero-order valence-electron chi connectivity index (χ0n) is 18.2. The van der Waals surface area contributed by atoms with Crippen LogP contribution in [-0.4, -0.2) is 28.8 Å². The first kappa shape index (κ1) is 24.7. The van der Waals surface area contributed by atoms with Crippen LogP contribution in [-0.2, 0) is 13.6 Å². The van der Waals surface area contributed by atoms with Gasteiger partial charge in [0, 0.05) is 12.6 Å². The van der Waals surface area contributed by atoms with Crippen LogP contribution in [0.1, 0.15) is 92.4 Å². The molecule has 3 atom stereocenters. The van der Waals surface area contributed by atoms with E-state index in [1.54, 1.807) is 13.1 Å². The molecule has 0 amide bonds. The maximum Gasteiger partial charge on any atom is 0.358 e. The van der Waals surface area contributed by atoms with E-state index in [4.69, 9.17) is 9.05 Å². The molecular formula is C21H42NO4P. The Morgan fingerprint density at radius 3 is 1.85 bits per heavy atom. The van der Waals surface area contributed by atoms with Crippen LogP contribution in [0, 0.1) is 11.8 Å². The van der Waals surface area contributed by atoms with E-state index < -0.39 is 12.9 Å². The minimum Gasteiger partial charge on any atom is -0.307 e. The van der Waals surface area contributed by atoms with Gasteiger partial charge >= 0.3 is 7.60 Å². The molecule has 0 saturated heterocycles. The minimum absolute atomic E-state index is 0.369. The van der Waals surface area contributed by atoms with Crippen molar-refractivity contribution in [3.05, 3.63) is 12.3 Å². The molecule has 1 rings (SSSR count). The second-order valence-electron chi connectivity index (χ2n) is 8.07. The van der Waals surface area contributed by atoms with E-state index >= 15 is 0 Å². The Kier molecular flexibility index (Phi) is 11.2. The molecule has 1 heterocycles. The van der Waals surface area contributed by atoms with Gasteiger partial charge in [-0.3, -0.25) is 9.77 Å². The van der Waals surface area contributed by atoms with Crippen LogP contribution in [0.25, 0.3) is 0 Å². The summed E-state index contributed by atoms with van der Waals surface area (Å²) < 4.78 is 25.9. The fraction of sp³-hybridized carbons (Fsp3) is 0.905. The summed E-state index contributed by atoms with van der Waals surface area (Å²) in [6, 6.07) is 0. The molecule has 0 fully saturated rings. The predicted octanol–water partition coefficient (Wildman–Crippen LogP) is 6.97. The number of rotatable bonds is 15. The average Bonchev–Trinajstić information content (AvgIpc) is 3.02. The molecule has 27 heavy (non-hydrogen) atoms. The Hall–Kier alpha value is -0.350. The quantitative estimate of drug-likeness (QED) is 0.299. The van der Waals surface area contributed by atoms with Crippen molar-refractivity contribution in [1.29, 1.82) is 0 Å². The largest absolute Gasteiger partial charge is 0.358 e. The van der Waals surface area contributed by atoms with Crippen molar-refractivity contribution >= 4 is 7.60 Å². The number of nitrogens with zero attached hydrogens (tertiary/aromatic N) is 1. The Morgan fingerprint density at radius 1 is 1.04 bits per heavy atom. The van der Waals surface area contributed by atoms with E-state index in [2.05, 4.69) is 27.7 Å². The lowest BCUT2D eigenvalue weighted by Crippen LogP contribution is -2.39. The number of hydroxylamine groups is 2. The second-order valence-corrected chi connectivity index (χ2v) is 10.5.